The maximum atomic E-state index is 10.9. The second-order valence-corrected chi connectivity index (χ2v) is 6.92. The summed E-state index contributed by atoms with van der Waals surface area (Å²) < 4.78 is 21.9. The Bertz CT molecular complexity index is 288. The summed E-state index contributed by atoms with van der Waals surface area (Å²) in [5, 5.41) is 3.30. The third-order valence-corrected chi connectivity index (χ3v) is 3.80. The predicted molar refractivity (Wildman–Crippen MR) is 62.8 cm³/mol. The average molecular weight is 234 g/mol. The number of hydrogen-bond acceptors (Lipinski definition) is 4. The second-order valence-electron chi connectivity index (χ2n) is 4.66. The first-order valence-electron chi connectivity index (χ1n) is 5.53. The highest BCUT2D eigenvalue weighted by Crippen LogP contribution is 2.11. The third-order valence-electron chi connectivity index (χ3n) is 2.86. The van der Waals surface area contributed by atoms with E-state index in [9.17, 15) is 8.42 Å². The van der Waals surface area contributed by atoms with Gasteiger partial charge in [-0.25, -0.2) is 8.42 Å². The van der Waals surface area contributed by atoms with E-state index in [0.717, 1.165) is 19.5 Å². The van der Waals surface area contributed by atoms with E-state index in [1.807, 2.05) is 0 Å². The van der Waals surface area contributed by atoms with Gasteiger partial charge < -0.3 is 5.32 Å². The Labute approximate surface area is 93.0 Å². The first kappa shape index (κ1) is 12.9. The van der Waals surface area contributed by atoms with Gasteiger partial charge >= 0.3 is 0 Å². The van der Waals surface area contributed by atoms with Gasteiger partial charge in [0.2, 0.25) is 0 Å². The Morgan fingerprint density at radius 1 is 1.47 bits per heavy atom. The lowest BCUT2D eigenvalue weighted by Crippen LogP contribution is -2.37. The number of hydrogen-bond donors (Lipinski definition) is 1. The van der Waals surface area contributed by atoms with Gasteiger partial charge in [0.15, 0.2) is 0 Å². The molecule has 1 aliphatic heterocycles. The molecule has 0 aromatic heterocycles. The van der Waals surface area contributed by atoms with Crippen LogP contribution in [0.1, 0.15) is 20.3 Å². The highest BCUT2D eigenvalue weighted by atomic mass is 32.2. The monoisotopic (exact) mass is 234 g/mol. The summed E-state index contributed by atoms with van der Waals surface area (Å²) in [5.41, 5.74) is 0. The molecule has 0 aromatic rings. The summed E-state index contributed by atoms with van der Waals surface area (Å²) in [6.07, 6.45) is 2.41. The van der Waals surface area contributed by atoms with E-state index in [1.54, 1.807) is 0 Å². The fourth-order valence-corrected chi connectivity index (χ4v) is 2.36. The van der Waals surface area contributed by atoms with E-state index >= 15 is 0 Å². The summed E-state index contributed by atoms with van der Waals surface area (Å²) in [5.74, 6) is 0.241. The van der Waals surface area contributed by atoms with E-state index in [1.165, 1.54) is 6.26 Å². The van der Waals surface area contributed by atoms with Crippen LogP contribution in [0.4, 0.5) is 0 Å². The first-order valence-corrected chi connectivity index (χ1v) is 7.59. The zero-order valence-electron chi connectivity index (χ0n) is 9.86. The smallest absolute Gasteiger partial charge is 0.148 e. The lowest BCUT2D eigenvalue weighted by Gasteiger charge is -2.20. The summed E-state index contributed by atoms with van der Waals surface area (Å²) in [6.45, 7) is 7.13. The standard InChI is InChI=1S/C10H22N2O2S/c1-9(2)12-6-4-10(8-12)11-5-7-15(3,13)14/h9-11H,4-8H2,1-3H3. The van der Waals surface area contributed by atoms with Crippen molar-refractivity contribution in [2.24, 2.45) is 0 Å². The molecule has 1 saturated heterocycles. The molecule has 15 heavy (non-hydrogen) atoms. The van der Waals surface area contributed by atoms with E-state index < -0.39 is 9.84 Å². The summed E-state index contributed by atoms with van der Waals surface area (Å²) in [4.78, 5) is 2.41. The van der Waals surface area contributed by atoms with Gasteiger partial charge in [0.05, 0.1) is 5.75 Å². The third kappa shape index (κ3) is 4.95. The Balaban J connectivity index is 2.20. The van der Waals surface area contributed by atoms with Crippen LogP contribution in [0.3, 0.4) is 0 Å². The average Bonchev–Trinajstić information content (AvgIpc) is 2.50. The SMILES string of the molecule is CC(C)N1CCC(NCCS(C)(=O)=O)C1. The minimum absolute atomic E-state index is 0.241. The molecule has 0 aromatic carbocycles. The lowest BCUT2D eigenvalue weighted by molar-refractivity contribution is 0.268. The molecular weight excluding hydrogens is 212 g/mol. The van der Waals surface area contributed by atoms with Gasteiger partial charge in [-0.05, 0) is 26.8 Å². The van der Waals surface area contributed by atoms with E-state index in [4.69, 9.17) is 0 Å². The first-order chi connectivity index (χ1) is 6.88. The molecular formula is C10H22N2O2S. The Morgan fingerprint density at radius 2 is 2.13 bits per heavy atom. The molecule has 5 heteroatoms. The number of likely N-dealkylation sites (tertiary alicyclic amines) is 1. The number of sulfone groups is 1. The van der Waals surface area contributed by atoms with Crippen LogP contribution < -0.4 is 5.32 Å². The molecule has 0 radical (unpaired) electrons. The van der Waals surface area contributed by atoms with Crippen molar-refractivity contribution in [2.75, 3.05) is 31.6 Å². The molecule has 1 fully saturated rings. The molecule has 1 heterocycles. The van der Waals surface area contributed by atoms with Crippen LogP contribution in [0.15, 0.2) is 0 Å². The van der Waals surface area contributed by atoms with Crippen LogP contribution in [0.5, 0.6) is 0 Å². The molecule has 4 nitrogen and oxygen atoms in total. The number of nitrogens with one attached hydrogen (secondary N) is 1. The summed E-state index contributed by atoms with van der Waals surface area (Å²) >= 11 is 0. The minimum atomic E-state index is -2.82. The van der Waals surface area contributed by atoms with Crippen molar-refractivity contribution in [3.63, 3.8) is 0 Å². The van der Waals surface area contributed by atoms with Gasteiger partial charge in [-0.15, -0.1) is 0 Å². The van der Waals surface area contributed by atoms with Crippen molar-refractivity contribution in [1.29, 1.82) is 0 Å². The summed E-state index contributed by atoms with van der Waals surface area (Å²) in [6, 6.07) is 1.06. The Hall–Kier alpha value is -0.130. The Morgan fingerprint density at radius 3 is 2.60 bits per heavy atom. The lowest BCUT2D eigenvalue weighted by atomic mass is 10.3. The minimum Gasteiger partial charge on any atom is -0.312 e. The normalized spacial score (nSPS) is 23.9. The largest absolute Gasteiger partial charge is 0.312 e. The quantitative estimate of drug-likeness (QED) is 0.733. The fourth-order valence-electron chi connectivity index (χ4n) is 1.87. The van der Waals surface area contributed by atoms with Gasteiger partial charge in [-0.3, -0.25) is 4.90 Å². The van der Waals surface area contributed by atoms with Crippen LogP contribution in [0.25, 0.3) is 0 Å². The molecule has 0 bridgehead atoms. The summed E-state index contributed by atoms with van der Waals surface area (Å²) in [7, 11) is -2.82. The molecule has 1 rings (SSSR count). The zero-order valence-corrected chi connectivity index (χ0v) is 10.7. The number of rotatable bonds is 5. The van der Waals surface area contributed by atoms with E-state index in [2.05, 4.69) is 24.1 Å². The molecule has 1 atom stereocenters. The maximum Gasteiger partial charge on any atom is 0.148 e. The van der Waals surface area contributed by atoms with Crippen LogP contribution in [0.2, 0.25) is 0 Å². The van der Waals surface area contributed by atoms with Crippen LogP contribution in [-0.2, 0) is 9.84 Å². The van der Waals surface area contributed by atoms with Gasteiger partial charge in [0.1, 0.15) is 9.84 Å². The molecule has 0 aliphatic carbocycles. The van der Waals surface area contributed by atoms with Crippen molar-refractivity contribution >= 4 is 9.84 Å². The Kier molecular flexibility index (Phi) is 4.55. The highest BCUT2D eigenvalue weighted by Gasteiger charge is 2.23. The second kappa shape index (κ2) is 5.27. The maximum absolute atomic E-state index is 10.9. The van der Waals surface area contributed by atoms with Crippen LogP contribution in [0, 0.1) is 0 Å². The number of nitrogens with zero attached hydrogens (tertiary/aromatic N) is 1. The van der Waals surface area contributed by atoms with Gasteiger partial charge in [0.25, 0.3) is 0 Å². The molecule has 0 saturated carbocycles. The van der Waals surface area contributed by atoms with E-state index in [-0.39, 0.29) is 5.75 Å². The van der Waals surface area contributed by atoms with Gasteiger partial charge in [-0.1, -0.05) is 0 Å². The molecule has 1 unspecified atom stereocenters. The van der Waals surface area contributed by atoms with Crippen LogP contribution in [-0.4, -0.2) is 57.0 Å². The van der Waals surface area contributed by atoms with Crippen molar-refractivity contribution < 1.29 is 8.42 Å². The highest BCUT2D eigenvalue weighted by molar-refractivity contribution is 7.90. The van der Waals surface area contributed by atoms with Crippen molar-refractivity contribution in [3.8, 4) is 0 Å². The zero-order chi connectivity index (χ0) is 11.5. The van der Waals surface area contributed by atoms with Gasteiger partial charge in [0, 0.05) is 31.4 Å². The fraction of sp³-hybridized carbons (Fsp3) is 1.00. The molecule has 0 amide bonds. The molecule has 1 aliphatic rings. The van der Waals surface area contributed by atoms with Crippen molar-refractivity contribution in [1.82, 2.24) is 10.2 Å². The van der Waals surface area contributed by atoms with Gasteiger partial charge in [-0.2, -0.15) is 0 Å². The van der Waals surface area contributed by atoms with Crippen LogP contribution >= 0.6 is 0 Å². The molecule has 1 N–H and O–H groups in total. The molecule has 0 spiro atoms. The van der Waals surface area contributed by atoms with E-state index in [0.29, 0.717) is 18.6 Å². The molecule has 90 valence electrons. The van der Waals surface area contributed by atoms with Crippen molar-refractivity contribution in [2.45, 2.75) is 32.4 Å². The predicted octanol–water partition coefficient (Wildman–Crippen LogP) is 0.103. The topological polar surface area (TPSA) is 49.4 Å². The van der Waals surface area contributed by atoms with Crippen molar-refractivity contribution in [3.05, 3.63) is 0 Å².